The molecule has 0 radical (unpaired) electrons. The second-order valence-corrected chi connectivity index (χ2v) is 7.14. The Hall–Kier alpha value is -2.56. The lowest BCUT2D eigenvalue weighted by molar-refractivity contribution is -0.136. The summed E-state index contributed by atoms with van der Waals surface area (Å²) in [4.78, 5) is 27.2. The topological polar surface area (TPSA) is 71.2 Å². The van der Waals surface area contributed by atoms with Gasteiger partial charge in [-0.3, -0.25) is 4.79 Å². The minimum absolute atomic E-state index is 0.0887. The van der Waals surface area contributed by atoms with Gasteiger partial charge in [-0.2, -0.15) is 0 Å². The van der Waals surface area contributed by atoms with Crippen LogP contribution < -0.4 is 10.1 Å². The second-order valence-electron chi connectivity index (χ2n) is 7.14. The maximum absolute atomic E-state index is 12.4. The maximum atomic E-state index is 12.4. The third kappa shape index (κ3) is 3.50. The standard InChI is InChI=1S/C19H22N2O3/c1-12(21-13-8-14(22)10-19(2,3)9-13)18(23)24-17-11-20-16-7-5-4-6-15(16)17/h4-8,11-12,20-21H,9-10H2,1-3H3/t12-/m0/s1. The van der Waals surface area contributed by atoms with Gasteiger partial charge in [0.05, 0.1) is 0 Å². The highest BCUT2D eigenvalue weighted by molar-refractivity contribution is 5.92. The molecule has 0 saturated heterocycles. The van der Waals surface area contributed by atoms with Crippen LogP contribution in [0.5, 0.6) is 5.75 Å². The summed E-state index contributed by atoms with van der Waals surface area (Å²) in [5, 5.41) is 3.99. The van der Waals surface area contributed by atoms with Crippen molar-refractivity contribution in [1.29, 1.82) is 0 Å². The molecule has 1 aromatic heterocycles. The predicted molar refractivity (Wildman–Crippen MR) is 92.6 cm³/mol. The minimum atomic E-state index is -0.536. The zero-order valence-electron chi connectivity index (χ0n) is 14.2. The lowest BCUT2D eigenvalue weighted by Crippen LogP contribution is -2.39. The van der Waals surface area contributed by atoms with Crippen molar-refractivity contribution >= 4 is 22.7 Å². The third-order valence-corrected chi connectivity index (χ3v) is 4.17. The van der Waals surface area contributed by atoms with Gasteiger partial charge in [-0.25, -0.2) is 4.79 Å². The first-order valence-corrected chi connectivity index (χ1v) is 8.12. The highest BCUT2D eigenvalue weighted by atomic mass is 16.5. The molecule has 1 heterocycles. The zero-order valence-corrected chi connectivity index (χ0v) is 14.2. The monoisotopic (exact) mass is 326 g/mol. The number of H-pyrrole nitrogens is 1. The molecule has 0 bridgehead atoms. The van der Waals surface area contributed by atoms with Gasteiger partial charge < -0.3 is 15.0 Å². The number of allylic oxidation sites excluding steroid dienone is 2. The maximum Gasteiger partial charge on any atom is 0.333 e. The number of hydrogen-bond acceptors (Lipinski definition) is 4. The van der Waals surface area contributed by atoms with E-state index in [-0.39, 0.29) is 17.2 Å². The third-order valence-electron chi connectivity index (χ3n) is 4.17. The average molecular weight is 326 g/mol. The molecule has 0 aliphatic heterocycles. The first-order valence-electron chi connectivity index (χ1n) is 8.12. The first kappa shape index (κ1) is 16.3. The molecule has 5 nitrogen and oxygen atoms in total. The number of fused-ring (bicyclic) bond motifs is 1. The number of para-hydroxylation sites is 1. The molecule has 1 atom stereocenters. The summed E-state index contributed by atoms with van der Waals surface area (Å²) in [6.45, 7) is 5.84. The van der Waals surface area contributed by atoms with Crippen LogP contribution in [0.2, 0.25) is 0 Å². The van der Waals surface area contributed by atoms with Crippen molar-refractivity contribution in [2.45, 2.75) is 39.7 Å². The Morgan fingerprint density at radius 3 is 2.79 bits per heavy atom. The average Bonchev–Trinajstić information content (AvgIpc) is 2.88. The molecule has 1 aromatic carbocycles. The fraction of sp³-hybridized carbons (Fsp3) is 0.368. The number of carbonyl (C=O) groups is 2. The van der Waals surface area contributed by atoms with Crippen LogP contribution in [0.3, 0.4) is 0 Å². The van der Waals surface area contributed by atoms with E-state index in [1.807, 2.05) is 24.3 Å². The molecule has 126 valence electrons. The Morgan fingerprint density at radius 2 is 2.04 bits per heavy atom. The Bertz CT molecular complexity index is 817. The lowest BCUT2D eigenvalue weighted by Gasteiger charge is -2.30. The Kier molecular flexibility index (Phi) is 4.18. The number of ketones is 1. The number of carbonyl (C=O) groups excluding carboxylic acids is 2. The van der Waals surface area contributed by atoms with Crippen molar-refractivity contribution in [3.05, 3.63) is 42.2 Å². The molecule has 0 fully saturated rings. The summed E-state index contributed by atoms with van der Waals surface area (Å²) in [5.74, 6) is 0.223. The van der Waals surface area contributed by atoms with Crippen LogP contribution in [0.4, 0.5) is 0 Å². The van der Waals surface area contributed by atoms with E-state index in [0.717, 1.165) is 23.0 Å². The van der Waals surface area contributed by atoms with E-state index in [1.54, 1.807) is 19.2 Å². The van der Waals surface area contributed by atoms with Crippen LogP contribution in [-0.4, -0.2) is 22.8 Å². The molecule has 2 aromatic rings. The van der Waals surface area contributed by atoms with Crippen molar-refractivity contribution in [3.8, 4) is 5.75 Å². The van der Waals surface area contributed by atoms with E-state index in [9.17, 15) is 9.59 Å². The van der Waals surface area contributed by atoms with E-state index in [2.05, 4.69) is 24.1 Å². The van der Waals surface area contributed by atoms with Crippen molar-refractivity contribution in [2.75, 3.05) is 0 Å². The number of hydrogen-bond donors (Lipinski definition) is 2. The Morgan fingerprint density at radius 1 is 1.29 bits per heavy atom. The summed E-state index contributed by atoms with van der Waals surface area (Å²) < 4.78 is 5.50. The van der Waals surface area contributed by atoms with Crippen LogP contribution >= 0.6 is 0 Å². The molecule has 2 N–H and O–H groups in total. The smallest absolute Gasteiger partial charge is 0.333 e. The van der Waals surface area contributed by atoms with E-state index in [1.165, 1.54) is 0 Å². The molecule has 0 amide bonds. The van der Waals surface area contributed by atoms with Gasteiger partial charge in [0, 0.05) is 35.3 Å². The molecule has 0 unspecified atom stereocenters. The molecular formula is C19H22N2O3. The summed E-state index contributed by atoms with van der Waals surface area (Å²) >= 11 is 0. The zero-order chi connectivity index (χ0) is 17.3. The molecule has 0 spiro atoms. The fourth-order valence-electron chi connectivity index (χ4n) is 3.10. The van der Waals surface area contributed by atoms with E-state index < -0.39 is 6.04 Å². The van der Waals surface area contributed by atoms with Gasteiger partial charge in [-0.05, 0) is 30.9 Å². The van der Waals surface area contributed by atoms with E-state index >= 15 is 0 Å². The quantitative estimate of drug-likeness (QED) is 0.846. The Balaban J connectivity index is 1.68. The normalized spacial score (nSPS) is 18.1. The molecule has 24 heavy (non-hydrogen) atoms. The number of esters is 1. The highest BCUT2D eigenvalue weighted by Crippen LogP contribution is 2.32. The van der Waals surface area contributed by atoms with Crippen molar-refractivity contribution < 1.29 is 14.3 Å². The van der Waals surface area contributed by atoms with Crippen molar-refractivity contribution in [1.82, 2.24) is 10.3 Å². The lowest BCUT2D eigenvalue weighted by atomic mass is 9.79. The van der Waals surface area contributed by atoms with Crippen LogP contribution in [0.25, 0.3) is 10.9 Å². The van der Waals surface area contributed by atoms with Gasteiger partial charge in [0.15, 0.2) is 11.5 Å². The van der Waals surface area contributed by atoms with Gasteiger partial charge >= 0.3 is 5.97 Å². The van der Waals surface area contributed by atoms with E-state index in [4.69, 9.17) is 4.74 Å². The molecular weight excluding hydrogens is 304 g/mol. The van der Waals surface area contributed by atoms with Crippen LogP contribution in [0, 0.1) is 5.41 Å². The number of aromatic amines is 1. The molecule has 0 saturated carbocycles. The highest BCUT2D eigenvalue weighted by Gasteiger charge is 2.29. The van der Waals surface area contributed by atoms with Crippen LogP contribution in [-0.2, 0) is 9.59 Å². The molecule has 5 heteroatoms. The molecule has 1 aliphatic carbocycles. The first-order chi connectivity index (χ1) is 11.3. The largest absolute Gasteiger partial charge is 0.423 e. The van der Waals surface area contributed by atoms with Crippen molar-refractivity contribution in [3.63, 3.8) is 0 Å². The van der Waals surface area contributed by atoms with E-state index in [0.29, 0.717) is 12.2 Å². The second kappa shape index (κ2) is 6.15. The van der Waals surface area contributed by atoms with Gasteiger partial charge in [-0.15, -0.1) is 0 Å². The summed E-state index contributed by atoms with van der Waals surface area (Å²) in [7, 11) is 0. The number of nitrogens with one attached hydrogen (secondary N) is 2. The predicted octanol–water partition coefficient (Wildman–Crippen LogP) is 3.32. The molecule has 1 aliphatic rings. The van der Waals surface area contributed by atoms with Crippen LogP contribution in [0.1, 0.15) is 33.6 Å². The SMILES string of the molecule is C[C@H](NC1=CC(=O)CC(C)(C)C1)C(=O)Oc1c[nH]c2ccccc12. The number of ether oxygens (including phenoxy) is 1. The number of benzene rings is 1. The fourth-order valence-corrected chi connectivity index (χ4v) is 3.10. The number of rotatable bonds is 4. The van der Waals surface area contributed by atoms with Crippen molar-refractivity contribution in [2.24, 2.45) is 5.41 Å². The molecule has 3 rings (SSSR count). The van der Waals surface area contributed by atoms with Gasteiger partial charge in [0.1, 0.15) is 6.04 Å². The summed E-state index contributed by atoms with van der Waals surface area (Å²) in [6.07, 6.45) is 4.55. The van der Waals surface area contributed by atoms with Crippen LogP contribution in [0.15, 0.2) is 42.2 Å². The van der Waals surface area contributed by atoms with Gasteiger partial charge in [0.2, 0.25) is 0 Å². The Labute approximate surface area is 141 Å². The summed E-state index contributed by atoms with van der Waals surface area (Å²) in [6, 6.07) is 7.11. The van der Waals surface area contributed by atoms with Gasteiger partial charge in [0.25, 0.3) is 0 Å². The summed E-state index contributed by atoms with van der Waals surface area (Å²) in [5.41, 5.74) is 1.62. The minimum Gasteiger partial charge on any atom is -0.423 e. The number of aromatic nitrogens is 1. The van der Waals surface area contributed by atoms with Gasteiger partial charge in [-0.1, -0.05) is 26.0 Å².